The molecule has 0 spiro atoms. The van der Waals surface area contributed by atoms with Gasteiger partial charge in [-0.05, 0) is 45.5 Å². The third-order valence-electron chi connectivity index (χ3n) is 3.05. The van der Waals surface area contributed by atoms with Crippen molar-refractivity contribution in [1.29, 1.82) is 0 Å². The van der Waals surface area contributed by atoms with Gasteiger partial charge in [0, 0.05) is 25.3 Å². The normalized spacial score (nSPS) is 12.6. The average molecular weight is 304 g/mol. The van der Waals surface area contributed by atoms with Gasteiger partial charge in [-0.25, -0.2) is 0 Å². The highest BCUT2D eigenvalue weighted by atomic mass is 19.4. The van der Waals surface area contributed by atoms with Gasteiger partial charge >= 0.3 is 6.18 Å². The van der Waals surface area contributed by atoms with Crippen molar-refractivity contribution in [2.75, 3.05) is 25.0 Å². The molecule has 120 valence electrons. The fourth-order valence-corrected chi connectivity index (χ4v) is 2.23. The lowest BCUT2D eigenvalue weighted by Gasteiger charge is -2.32. The van der Waals surface area contributed by atoms with Gasteiger partial charge in [0.2, 0.25) is 0 Å². The van der Waals surface area contributed by atoms with Crippen LogP contribution in [0.5, 0.6) is 0 Å². The van der Waals surface area contributed by atoms with Gasteiger partial charge in [0.05, 0.1) is 11.2 Å². The Balaban J connectivity index is 3.26. The number of hydrogen-bond donors (Lipinski definition) is 2. The van der Waals surface area contributed by atoms with Crippen molar-refractivity contribution in [2.24, 2.45) is 0 Å². The predicted molar refractivity (Wildman–Crippen MR) is 78.4 cm³/mol. The van der Waals surface area contributed by atoms with Crippen LogP contribution in [0.3, 0.4) is 0 Å². The summed E-state index contributed by atoms with van der Waals surface area (Å²) >= 11 is 0. The summed E-state index contributed by atoms with van der Waals surface area (Å²) in [6.07, 6.45) is -4.42. The molecule has 1 rings (SSSR count). The summed E-state index contributed by atoms with van der Waals surface area (Å²) in [5, 5.41) is 12.7. The molecule has 0 saturated carbocycles. The molecule has 0 aliphatic rings. The highest BCUT2D eigenvalue weighted by molar-refractivity contribution is 5.56. The van der Waals surface area contributed by atoms with Crippen molar-refractivity contribution in [3.63, 3.8) is 0 Å². The van der Waals surface area contributed by atoms with Crippen LogP contribution in [0.2, 0.25) is 0 Å². The van der Waals surface area contributed by atoms with Crippen molar-refractivity contribution in [3.05, 3.63) is 29.3 Å². The first-order valence-corrected chi connectivity index (χ1v) is 6.90. The number of nitrogens with zero attached hydrogens (tertiary/aromatic N) is 1. The summed E-state index contributed by atoms with van der Waals surface area (Å²) in [6.45, 7) is 5.83. The Labute approximate surface area is 123 Å². The smallest absolute Gasteiger partial charge is 0.389 e. The lowest BCUT2D eigenvalue weighted by Crippen LogP contribution is -2.39. The Morgan fingerprint density at radius 2 is 1.86 bits per heavy atom. The molecule has 0 amide bonds. The quantitative estimate of drug-likeness (QED) is 0.848. The molecule has 0 radical (unpaired) electrons. The molecule has 0 atom stereocenters. The second-order valence-corrected chi connectivity index (χ2v) is 5.71. The molecule has 0 bridgehead atoms. The molecule has 0 fully saturated rings. The van der Waals surface area contributed by atoms with Crippen LogP contribution in [0.25, 0.3) is 0 Å². The van der Waals surface area contributed by atoms with E-state index in [1.165, 1.54) is 12.1 Å². The van der Waals surface area contributed by atoms with Gasteiger partial charge in [-0.2, -0.15) is 13.2 Å². The summed E-state index contributed by atoms with van der Waals surface area (Å²) in [5.74, 6) is 0. The van der Waals surface area contributed by atoms with Crippen molar-refractivity contribution in [2.45, 2.75) is 39.1 Å². The van der Waals surface area contributed by atoms with Crippen LogP contribution in [0.15, 0.2) is 18.2 Å². The van der Waals surface area contributed by atoms with Crippen molar-refractivity contribution < 1.29 is 18.3 Å². The van der Waals surface area contributed by atoms with Crippen LogP contribution in [-0.4, -0.2) is 30.8 Å². The Morgan fingerprint density at radius 3 is 2.29 bits per heavy atom. The van der Waals surface area contributed by atoms with Gasteiger partial charge in [0.1, 0.15) is 0 Å². The first kappa shape index (κ1) is 17.8. The molecular formula is C15H23F3N2O. The van der Waals surface area contributed by atoms with Gasteiger partial charge in [-0.3, -0.25) is 0 Å². The molecule has 2 N–H and O–H groups in total. The third-order valence-corrected chi connectivity index (χ3v) is 3.05. The van der Waals surface area contributed by atoms with E-state index in [1.54, 1.807) is 38.8 Å². The first-order valence-electron chi connectivity index (χ1n) is 6.90. The molecule has 0 saturated heterocycles. The highest BCUT2D eigenvalue weighted by Gasteiger charge is 2.35. The summed E-state index contributed by atoms with van der Waals surface area (Å²) in [4.78, 5) is 1.55. The van der Waals surface area contributed by atoms with E-state index in [0.717, 1.165) is 0 Å². The number of anilines is 1. The zero-order chi connectivity index (χ0) is 16.3. The molecule has 0 aliphatic heterocycles. The molecule has 3 nitrogen and oxygen atoms in total. The fourth-order valence-electron chi connectivity index (χ4n) is 2.23. The molecule has 6 heteroatoms. The van der Waals surface area contributed by atoms with E-state index in [0.29, 0.717) is 18.7 Å². The third kappa shape index (κ3) is 5.21. The summed E-state index contributed by atoms with van der Waals surface area (Å²) in [6, 6.07) is 4.32. The molecule has 0 unspecified atom stereocenters. The molecule has 21 heavy (non-hydrogen) atoms. The SMILES string of the molecule is CCN(CC(C)(C)O)c1ccc(CNC)cc1C(F)(F)F. The van der Waals surface area contributed by atoms with Crippen molar-refractivity contribution in [1.82, 2.24) is 5.32 Å². The zero-order valence-electron chi connectivity index (χ0n) is 12.9. The molecular weight excluding hydrogens is 281 g/mol. The fraction of sp³-hybridized carbons (Fsp3) is 0.600. The second kappa shape index (κ2) is 6.66. The molecule has 0 heterocycles. The molecule has 0 aromatic heterocycles. The first-order chi connectivity index (χ1) is 9.58. The average Bonchev–Trinajstić information content (AvgIpc) is 2.34. The zero-order valence-corrected chi connectivity index (χ0v) is 12.9. The van der Waals surface area contributed by atoms with E-state index in [4.69, 9.17) is 0 Å². The number of nitrogens with one attached hydrogen (secondary N) is 1. The number of likely N-dealkylation sites (N-methyl/N-ethyl adjacent to an activating group) is 1. The number of hydrogen-bond acceptors (Lipinski definition) is 3. The van der Waals surface area contributed by atoms with Crippen LogP contribution in [0.4, 0.5) is 18.9 Å². The molecule has 1 aromatic carbocycles. The van der Waals surface area contributed by atoms with Crippen LogP contribution in [-0.2, 0) is 12.7 Å². The van der Waals surface area contributed by atoms with Gasteiger partial charge < -0.3 is 15.3 Å². The maximum Gasteiger partial charge on any atom is 0.418 e. The van der Waals surface area contributed by atoms with Crippen LogP contribution < -0.4 is 10.2 Å². The Hall–Kier alpha value is -1.27. The van der Waals surface area contributed by atoms with Crippen molar-refractivity contribution >= 4 is 5.69 Å². The second-order valence-electron chi connectivity index (χ2n) is 5.71. The minimum absolute atomic E-state index is 0.104. The Morgan fingerprint density at radius 1 is 1.24 bits per heavy atom. The highest BCUT2D eigenvalue weighted by Crippen LogP contribution is 2.37. The van der Waals surface area contributed by atoms with Crippen molar-refractivity contribution in [3.8, 4) is 0 Å². The summed E-state index contributed by atoms with van der Waals surface area (Å²) in [5.41, 5.74) is -1.05. The van der Waals surface area contributed by atoms with Crippen LogP contribution in [0, 0.1) is 0 Å². The van der Waals surface area contributed by atoms with E-state index in [9.17, 15) is 18.3 Å². The molecule has 0 aliphatic carbocycles. The maximum atomic E-state index is 13.3. The lowest BCUT2D eigenvalue weighted by atomic mass is 10.0. The van der Waals surface area contributed by atoms with Gasteiger partial charge in [0.15, 0.2) is 0 Å². The summed E-state index contributed by atoms with van der Waals surface area (Å²) < 4.78 is 39.9. The largest absolute Gasteiger partial charge is 0.418 e. The van der Waals surface area contributed by atoms with E-state index in [2.05, 4.69) is 5.32 Å². The number of alkyl halides is 3. The van der Waals surface area contributed by atoms with Crippen LogP contribution >= 0.6 is 0 Å². The lowest BCUT2D eigenvalue weighted by molar-refractivity contribution is -0.137. The van der Waals surface area contributed by atoms with Gasteiger partial charge in [-0.1, -0.05) is 6.07 Å². The van der Waals surface area contributed by atoms with E-state index < -0.39 is 17.3 Å². The number of benzene rings is 1. The Bertz CT molecular complexity index is 467. The summed E-state index contributed by atoms with van der Waals surface area (Å²) in [7, 11) is 1.69. The minimum atomic E-state index is -4.42. The van der Waals surface area contributed by atoms with Crippen LogP contribution in [0.1, 0.15) is 31.9 Å². The number of rotatable bonds is 6. The maximum absolute atomic E-state index is 13.3. The number of aliphatic hydroxyl groups is 1. The number of halogens is 3. The minimum Gasteiger partial charge on any atom is -0.389 e. The van der Waals surface area contributed by atoms with Gasteiger partial charge in [0.25, 0.3) is 0 Å². The standard InChI is InChI=1S/C15H23F3N2O/c1-5-20(10-14(2,3)21)13-7-6-11(9-19-4)8-12(13)15(16,17)18/h6-8,19,21H,5,9-10H2,1-4H3. The monoisotopic (exact) mass is 304 g/mol. The van der Waals surface area contributed by atoms with E-state index >= 15 is 0 Å². The molecule has 1 aromatic rings. The Kier molecular flexibility index (Phi) is 5.64. The van der Waals surface area contributed by atoms with E-state index in [1.807, 2.05) is 0 Å². The predicted octanol–water partition coefficient (Wildman–Crippen LogP) is 3.02. The van der Waals surface area contributed by atoms with E-state index in [-0.39, 0.29) is 12.2 Å². The topological polar surface area (TPSA) is 35.5 Å². The van der Waals surface area contributed by atoms with Gasteiger partial charge in [-0.15, -0.1) is 0 Å².